The number of Topliss-reactive ketones (excluding diaryl/α,β-unsaturated/α-hetero) is 1. The molecule has 0 fully saturated rings. The molecule has 0 atom stereocenters. The normalized spacial score (nSPS) is 9.93. The Morgan fingerprint density at radius 1 is 0.926 bits per heavy atom. The predicted octanol–water partition coefficient (Wildman–Crippen LogP) is 3.55. The summed E-state index contributed by atoms with van der Waals surface area (Å²) in [5.74, 6) is 0.0363. The average Bonchev–Trinajstić information content (AvgIpc) is 2.69. The minimum atomic E-state index is -0.400. The summed E-state index contributed by atoms with van der Waals surface area (Å²) in [5.41, 5.74) is 2.62. The number of anilines is 3. The van der Waals surface area contributed by atoms with E-state index < -0.39 is 5.91 Å². The first kappa shape index (κ1) is 17.8. The number of carbonyl (C=O) groups is 2. The Kier molecular flexibility index (Phi) is 5.19. The molecule has 0 aliphatic carbocycles. The van der Waals surface area contributed by atoms with Crippen LogP contribution in [-0.2, 0) is 0 Å². The number of benzene rings is 2. The van der Waals surface area contributed by atoms with E-state index in [4.69, 9.17) is 5.26 Å². The number of nitriles is 1. The molecule has 3 aromatic rings. The summed E-state index contributed by atoms with van der Waals surface area (Å²) in [6, 6.07) is 15.5. The second-order valence-corrected chi connectivity index (χ2v) is 5.69. The fourth-order valence-electron chi connectivity index (χ4n) is 2.27. The molecular formula is C20H15N5O2. The quantitative estimate of drug-likeness (QED) is 0.676. The highest BCUT2D eigenvalue weighted by Crippen LogP contribution is 2.15. The molecule has 1 amide bonds. The highest BCUT2D eigenvalue weighted by Gasteiger charge is 2.09. The van der Waals surface area contributed by atoms with Crippen LogP contribution in [-0.4, -0.2) is 21.7 Å². The molecule has 0 unspecified atom stereocenters. The molecule has 0 spiro atoms. The topological polar surface area (TPSA) is 108 Å². The standard InChI is InChI=1S/C20H15N5O2/c1-13(26)15-4-8-17(9-5-15)25-20(27)18-11-23-19(12-22-18)24-16-6-2-14(10-21)3-7-16/h2-9,11-12H,1H3,(H,23,24)(H,25,27). The van der Waals surface area contributed by atoms with Gasteiger partial charge in [0, 0.05) is 16.9 Å². The van der Waals surface area contributed by atoms with Crippen LogP contribution >= 0.6 is 0 Å². The number of hydrogen-bond acceptors (Lipinski definition) is 6. The maximum atomic E-state index is 12.2. The van der Waals surface area contributed by atoms with Crippen LogP contribution in [0.25, 0.3) is 0 Å². The Balaban J connectivity index is 1.64. The zero-order chi connectivity index (χ0) is 19.2. The SMILES string of the molecule is CC(=O)c1ccc(NC(=O)c2cnc(Nc3ccc(C#N)cc3)cn2)cc1. The summed E-state index contributed by atoms with van der Waals surface area (Å²) in [6.45, 7) is 1.48. The highest BCUT2D eigenvalue weighted by molar-refractivity contribution is 6.03. The molecule has 0 aliphatic heterocycles. The van der Waals surface area contributed by atoms with Crippen molar-refractivity contribution in [1.82, 2.24) is 9.97 Å². The molecule has 0 saturated carbocycles. The van der Waals surface area contributed by atoms with Crippen LogP contribution in [0.2, 0.25) is 0 Å². The van der Waals surface area contributed by atoms with E-state index in [9.17, 15) is 9.59 Å². The summed E-state index contributed by atoms with van der Waals surface area (Å²) in [7, 11) is 0. The molecule has 3 rings (SSSR count). The van der Waals surface area contributed by atoms with Gasteiger partial charge in [-0.25, -0.2) is 9.97 Å². The van der Waals surface area contributed by atoms with Gasteiger partial charge < -0.3 is 10.6 Å². The smallest absolute Gasteiger partial charge is 0.275 e. The van der Waals surface area contributed by atoms with Gasteiger partial charge in [0.1, 0.15) is 11.5 Å². The third-order valence-electron chi connectivity index (χ3n) is 3.72. The lowest BCUT2D eigenvalue weighted by molar-refractivity contribution is 0.101. The van der Waals surface area contributed by atoms with Crippen molar-refractivity contribution in [2.24, 2.45) is 0 Å². The van der Waals surface area contributed by atoms with E-state index in [2.05, 4.69) is 20.6 Å². The third-order valence-corrected chi connectivity index (χ3v) is 3.72. The monoisotopic (exact) mass is 357 g/mol. The average molecular weight is 357 g/mol. The Labute approximate surface area is 155 Å². The fraction of sp³-hybridized carbons (Fsp3) is 0.0500. The van der Waals surface area contributed by atoms with Gasteiger partial charge >= 0.3 is 0 Å². The number of hydrogen-bond donors (Lipinski definition) is 2. The Hall–Kier alpha value is -4.05. The second kappa shape index (κ2) is 7.89. The van der Waals surface area contributed by atoms with Crippen LogP contribution in [0.1, 0.15) is 33.3 Å². The van der Waals surface area contributed by atoms with Crippen LogP contribution in [0.4, 0.5) is 17.2 Å². The van der Waals surface area contributed by atoms with Crippen molar-refractivity contribution < 1.29 is 9.59 Å². The molecule has 0 radical (unpaired) electrons. The van der Waals surface area contributed by atoms with Gasteiger partial charge in [-0.3, -0.25) is 9.59 Å². The largest absolute Gasteiger partial charge is 0.339 e. The lowest BCUT2D eigenvalue weighted by Gasteiger charge is -2.07. The van der Waals surface area contributed by atoms with Crippen molar-refractivity contribution in [1.29, 1.82) is 5.26 Å². The van der Waals surface area contributed by atoms with E-state index in [0.29, 0.717) is 22.6 Å². The van der Waals surface area contributed by atoms with Crippen molar-refractivity contribution in [2.75, 3.05) is 10.6 Å². The zero-order valence-electron chi connectivity index (χ0n) is 14.4. The van der Waals surface area contributed by atoms with Gasteiger partial charge in [0.25, 0.3) is 5.91 Å². The van der Waals surface area contributed by atoms with Gasteiger partial charge in [-0.2, -0.15) is 5.26 Å². The molecule has 1 aromatic heterocycles. The van der Waals surface area contributed by atoms with Gasteiger partial charge in [0.2, 0.25) is 0 Å². The highest BCUT2D eigenvalue weighted by atomic mass is 16.2. The van der Waals surface area contributed by atoms with Crippen molar-refractivity contribution in [2.45, 2.75) is 6.92 Å². The summed E-state index contributed by atoms with van der Waals surface area (Å²) < 4.78 is 0. The number of nitrogens with zero attached hydrogens (tertiary/aromatic N) is 3. The minimum Gasteiger partial charge on any atom is -0.339 e. The lowest BCUT2D eigenvalue weighted by atomic mass is 10.1. The molecule has 7 heteroatoms. The third kappa shape index (κ3) is 4.52. The maximum Gasteiger partial charge on any atom is 0.275 e. The lowest BCUT2D eigenvalue weighted by Crippen LogP contribution is -2.14. The van der Waals surface area contributed by atoms with Crippen molar-refractivity contribution in [3.05, 3.63) is 77.7 Å². The molecule has 27 heavy (non-hydrogen) atoms. The van der Waals surface area contributed by atoms with Gasteiger partial charge in [-0.15, -0.1) is 0 Å². The molecule has 0 saturated heterocycles. The predicted molar refractivity (Wildman–Crippen MR) is 101 cm³/mol. The Morgan fingerprint density at radius 2 is 1.59 bits per heavy atom. The number of ketones is 1. The molecule has 2 N–H and O–H groups in total. The van der Waals surface area contributed by atoms with Gasteiger partial charge in [-0.1, -0.05) is 0 Å². The van der Waals surface area contributed by atoms with Gasteiger partial charge in [-0.05, 0) is 55.5 Å². The van der Waals surface area contributed by atoms with Crippen LogP contribution in [0.3, 0.4) is 0 Å². The number of rotatable bonds is 5. The van der Waals surface area contributed by atoms with Gasteiger partial charge in [0.05, 0.1) is 24.0 Å². The fourth-order valence-corrected chi connectivity index (χ4v) is 2.27. The van der Waals surface area contributed by atoms with Crippen molar-refractivity contribution in [3.8, 4) is 6.07 Å². The molecule has 0 aliphatic rings. The maximum absolute atomic E-state index is 12.2. The number of aromatic nitrogens is 2. The summed E-state index contributed by atoms with van der Waals surface area (Å²) in [4.78, 5) is 31.8. The minimum absolute atomic E-state index is 0.0379. The molecule has 2 aromatic carbocycles. The first-order valence-corrected chi connectivity index (χ1v) is 8.07. The first-order chi connectivity index (χ1) is 13.0. The number of amides is 1. The zero-order valence-corrected chi connectivity index (χ0v) is 14.4. The van der Waals surface area contributed by atoms with E-state index in [-0.39, 0.29) is 11.5 Å². The van der Waals surface area contributed by atoms with E-state index in [1.54, 1.807) is 48.5 Å². The van der Waals surface area contributed by atoms with Crippen LogP contribution in [0.15, 0.2) is 60.9 Å². The number of carbonyl (C=O) groups excluding carboxylic acids is 2. The molecule has 1 heterocycles. The van der Waals surface area contributed by atoms with Crippen molar-refractivity contribution >= 4 is 28.9 Å². The van der Waals surface area contributed by atoms with E-state index in [1.165, 1.54) is 19.3 Å². The summed E-state index contributed by atoms with van der Waals surface area (Å²) >= 11 is 0. The molecule has 7 nitrogen and oxygen atoms in total. The molecular weight excluding hydrogens is 342 g/mol. The molecule has 132 valence electrons. The van der Waals surface area contributed by atoms with Crippen LogP contribution < -0.4 is 10.6 Å². The summed E-state index contributed by atoms with van der Waals surface area (Å²) in [5, 5.41) is 14.5. The van der Waals surface area contributed by atoms with Gasteiger partial charge in [0.15, 0.2) is 5.78 Å². The van der Waals surface area contributed by atoms with Crippen molar-refractivity contribution in [3.63, 3.8) is 0 Å². The Bertz CT molecular complexity index is 1000. The van der Waals surface area contributed by atoms with Crippen LogP contribution in [0.5, 0.6) is 0 Å². The van der Waals surface area contributed by atoms with E-state index in [1.807, 2.05) is 6.07 Å². The molecule has 0 bridgehead atoms. The Morgan fingerprint density at radius 3 is 2.15 bits per heavy atom. The van der Waals surface area contributed by atoms with Crippen LogP contribution in [0, 0.1) is 11.3 Å². The summed E-state index contributed by atoms with van der Waals surface area (Å²) in [6.07, 6.45) is 2.82. The van der Waals surface area contributed by atoms with E-state index >= 15 is 0 Å². The number of nitrogens with one attached hydrogen (secondary N) is 2. The second-order valence-electron chi connectivity index (χ2n) is 5.69. The van der Waals surface area contributed by atoms with E-state index in [0.717, 1.165) is 5.69 Å². The first-order valence-electron chi connectivity index (χ1n) is 8.07.